The zero-order valence-electron chi connectivity index (χ0n) is 10.7. The molecule has 0 bridgehead atoms. The van der Waals surface area contributed by atoms with E-state index in [0.717, 1.165) is 46.9 Å². The lowest BCUT2D eigenvalue weighted by Crippen LogP contribution is -2.29. The second-order valence-corrected chi connectivity index (χ2v) is 6.84. The number of benzene rings is 1. The van der Waals surface area contributed by atoms with E-state index in [1.807, 2.05) is 18.2 Å². The molecule has 0 radical (unpaired) electrons. The number of amides is 1. The van der Waals surface area contributed by atoms with Gasteiger partial charge >= 0.3 is 0 Å². The van der Waals surface area contributed by atoms with Gasteiger partial charge in [0.25, 0.3) is 0 Å². The minimum Gasteiger partial charge on any atom is -0.330 e. The van der Waals surface area contributed by atoms with Gasteiger partial charge < -0.3 is 11.1 Å². The number of anilines is 1. The summed E-state index contributed by atoms with van der Waals surface area (Å²) in [5, 5.41) is 3.00. The van der Waals surface area contributed by atoms with Crippen molar-refractivity contribution in [3.05, 3.63) is 27.1 Å². The topological polar surface area (TPSA) is 55.1 Å². The number of nitrogens with one attached hydrogen (secondary N) is 1. The third-order valence-electron chi connectivity index (χ3n) is 3.74. The molecule has 3 N–H and O–H groups in total. The molecule has 5 heteroatoms. The summed E-state index contributed by atoms with van der Waals surface area (Å²) >= 11 is 6.86. The summed E-state index contributed by atoms with van der Waals surface area (Å²) in [7, 11) is 0. The first-order chi connectivity index (χ1) is 9.10. The number of rotatable bonds is 3. The van der Waals surface area contributed by atoms with Crippen LogP contribution < -0.4 is 11.1 Å². The van der Waals surface area contributed by atoms with Crippen LogP contribution in [0.3, 0.4) is 0 Å². The van der Waals surface area contributed by atoms with Crippen LogP contribution in [0.15, 0.2) is 27.1 Å². The van der Waals surface area contributed by atoms with Crippen LogP contribution in [0.1, 0.15) is 25.7 Å². The fraction of sp³-hybridized carbons (Fsp3) is 0.500. The maximum absolute atomic E-state index is 12.2. The normalized spacial score (nSPS) is 23.1. The smallest absolute Gasteiger partial charge is 0.227 e. The molecule has 1 aromatic carbocycles. The number of hydrogen-bond acceptors (Lipinski definition) is 2. The SMILES string of the molecule is NCC1CCC(C(=O)Nc2ccc(Br)cc2Br)CC1. The zero-order chi connectivity index (χ0) is 13.8. The van der Waals surface area contributed by atoms with Crippen LogP contribution in [0.25, 0.3) is 0 Å². The second kappa shape index (κ2) is 6.86. The van der Waals surface area contributed by atoms with Crippen molar-refractivity contribution in [3.8, 4) is 0 Å². The molecule has 0 unspecified atom stereocenters. The van der Waals surface area contributed by atoms with E-state index >= 15 is 0 Å². The van der Waals surface area contributed by atoms with Crippen molar-refractivity contribution in [2.45, 2.75) is 25.7 Å². The fourth-order valence-electron chi connectivity index (χ4n) is 2.49. The van der Waals surface area contributed by atoms with Gasteiger partial charge in [-0.1, -0.05) is 15.9 Å². The maximum Gasteiger partial charge on any atom is 0.227 e. The third kappa shape index (κ3) is 4.04. The van der Waals surface area contributed by atoms with Crippen LogP contribution in [0.2, 0.25) is 0 Å². The third-order valence-corrected chi connectivity index (χ3v) is 4.89. The molecule has 1 aromatic rings. The van der Waals surface area contributed by atoms with E-state index < -0.39 is 0 Å². The van der Waals surface area contributed by atoms with Gasteiger partial charge in [-0.05, 0) is 72.3 Å². The van der Waals surface area contributed by atoms with Gasteiger partial charge in [0.2, 0.25) is 5.91 Å². The first-order valence-electron chi connectivity index (χ1n) is 6.56. The van der Waals surface area contributed by atoms with Gasteiger partial charge in [-0.3, -0.25) is 4.79 Å². The van der Waals surface area contributed by atoms with Gasteiger partial charge in [-0.25, -0.2) is 0 Å². The van der Waals surface area contributed by atoms with Crippen LogP contribution in [0.5, 0.6) is 0 Å². The Labute approximate surface area is 130 Å². The van der Waals surface area contributed by atoms with E-state index in [0.29, 0.717) is 5.92 Å². The van der Waals surface area contributed by atoms with Crippen molar-refractivity contribution < 1.29 is 4.79 Å². The monoisotopic (exact) mass is 388 g/mol. The van der Waals surface area contributed by atoms with E-state index in [-0.39, 0.29) is 11.8 Å². The predicted molar refractivity (Wildman–Crippen MR) is 85.0 cm³/mol. The van der Waals surface area contributed by atoms with Crippen LogP contribution >= 0.6 is 31.9 Å². The molecule has 0 aliphatic heterocycles. The molecule has 0 atom stereocenters. The highest BCUT2D eigenvalue weighted by Gasteiger charge is 2.25. The average Bonchev–Trinajstić information content (AvgIpc) is 2.42. The Balaban J connectivity index is 1.94. The molecule has 0 saturated heterocycles. The summed E-state index contributed by atoms with van der Waals surface area (Å²) in [5.74, 6) is 0.848. The highest BCUT2D eigenvalue weighted by Crippen LogP contribution is 2.31. The fourth-order valence-corrected chi connectivity index (χ4v) is 3.63. The van der Waals surface area contributed by atoms with Crippen molar-refractivity contribution in [2.75, 3.05) is 11.9 Å². The molecule has 0 spiro atoms. The largest absolute Gasteiger partial charge is 0.330 e. The summed E-state index contributed by atoms with van der Waals surface area (Å²) in [6.07, 6.45) is 4.02. The summed E-state index contributed by atoms with van der Waals surface area (Å²) < 4.78 is 1.88. The molecule has 1 amide bonds. The second-order valence-electron chi connectivity index (χ2n) is 5.07. The van der Waals surface area contributed by atoms with Crippen LogP contribution in [0.4, 0.5) is 5.69 Å². The average molecular weight is 390 g/mol. The van der Waals surface area contributed by atoms with E-state index in [1.165, 1.54) is 0 Å². The van der Waals surface area contributed by atoms with Crippen molar-refractivity contribution >= 4 is 43.5 Å². The summed E-state index contributed by atoms with van der Waals surface area (Å²) in [4.78, 5) is 12.2. The Hall–Kier alpha value is -0.390. The predicted octanol–water partition coefficient (Wildman–Crippen LogP) is 3.92. The Morgan fingerprint density at radius 2 is 1.95 bits per heavy atom. The molecule has 104 valence electrons. The first kappa shape index (κ1) is 15.0. The molecule has 1 aliphatic carbocycles. The molecule has 0 aromatic heterocycles. The van der Waals surface area contributed by atoms with E-state index in [2.05, 4.69) is 37.2 Å². The molecule has 3 nitrogen and oxygen atoms in total. The lowest BCUT2D eigenvalue weighted by Gasteiger charge is -2.26. The molecule has 2 rings (SSSR count). The zero-order valence-corrected chi connectivity index (χ0v) is 13.8. The van der Waals surface area contributed by atoms with Crippen molar-refractivity contribution in [1.29, 1.82) is 0 Å². The molecule has 1 aliphatic rings. The standard InChI is InChI=1S/C14H18Br2N2O/c15-11-5-6-13(12(16)7-11)18-14(19)10-3-1-9(8-17)2-4-10/h5-7,9-10H,1-4,8,17H2,(H,18,19). The Morgan fingerprint density at radius 1 is 1.26 bits per heavy atom. The lowest BCUT2D eigenvalue weighted by atomic mass is 9.81. The van der Waals surface area contributed by atoms with Gasteiger partial charge in [0.05, 0.1) is 5.69 Å². The molecule has 1 fully saturated rings. The van der Waals surface area contributed by atoms with Gasteiger partial charge in [0.1, 0.15) is 0 Å². The van der Waals surface area contributed by atoms with Crippen LogP contribution in [-0.2, 0) is 4.79 Å². The van der Waals surface area contributed by atoms with E-state index in [1.54, 1.807) is 0 Å². The minimum absolute atomic E-state index is 0.123. The molecular formula is C14H18Br2N2O. The number of halogens is 2. The Kier molecular flexibility index (Phi) is 5.42. The minimum atomic E-state index is 0.123. The number of carbonyl (C=O) groups is 1. The lowest BCUT2D eigenvalue weighted by molar-refractivity contribution is -0.121. The highest BCUT2D eigenvalue weighted by atomic mass is 79.9. The van der Waals surface area contributed by atoms with Gasteiger partial charge in [-0.15, -0.1) is 0 Å². The number of carbonyl (C=O) groups excluding carboxylic acids is 1. The maximum atomic E-state index is 12.2. The number of nitrogens with two attached hydrogens (primary N) is 1. The van der Waals surface area contributed by atoms with Crippen LogP contribution in [-0.4, -0.2) is 12.5 Å². The summed E-state index contributed by atoms with van der Waals surface area (Å²) in [6, 6.07) is 5.75. The van der Waals surface area contributed by atoms with Crippen molar-refractivity contribution in [1.82, 2.24) is 0 Å². The Morgan fingerprint density at radius 3 is 2.53 bits per heavy atom. The molecule has 19 heavy (non-hydrogen) atoms. The van der Waals surface area contributed by atoms with Gasteiger partial charge in [0, 0.05) is 14.9 Å². The molecule has 0 heterocycles. The van der Waals surface area contributed by atoms with Gasteiger partial charge in [0.15, 0.2) is 0 Å². The van der Waals surface area contributed by atoms with Crippen molar-refractivity contribution in [2.24, 2.45) is 17.6 Å². The van der Waals surface area contributed by atoms with Gasteiger partial charge in [-0.2, -0.15) is 0 Å². The quantitative estimate of drug-likeness (QED) is 0.823. The van der Waals surface area contributed by atoms with Crippen LogP contribution in [0, 0.1) is 11.8 Å². The van der Waals surface area contributed by atoms with E-state index in [9.17, 15) is 4.79 Å². The van der Waals surface area contributed by atoms with Crippen molar-refractivity contribution in [3.63, 3.8) is 0 Å². The highest BCUT2D eigenvalue weighted by molar-refractivity contribution is 9.11. The van der Waals surface area contributed by atoms with E-state index in [4.69, 9.17) is 5.73 Å². The number of hydrogen-bond donors (Lipinski definition) is 2. The summed E-state index contributed by atoms with van der Waals surface area (Å²) in [6.45, 7) is 0.743. The molecular weight excluding hydrogens is 372 g/mol. The summed E-state index contributed by atoms with van der Waals surface area (Å²) in [5.41, 5.74) is 6.50. The first-order valence-corrected chi connectivity index (χ1v) is 8.14. The molecule has 1 saturated carbocycles. The Bertz CT molecular complexity index is 457.